The molecule has 4 nitrogen and oxygen atoms in total. The van der Waals surface area contributed by atoms with Crippen LogP contribution in [0.5, 0.6) is 0 Å². The molecule has 0 N–H and O–H groups in total. The van der Waals surface area contributed by atoms with Gasteiger partial charge in [-0.3, -0.25) is 9.59 Å². The molecule has 0 radical (unpaired) electrons. The summed E-state index contributed by atoms with van der Waals surface area (Å²) in [6.45, 7) is 3.62. The lowest BCUT2D eigenvalue weighted by molar-refractivity contribution is -0.151. The standard InChI is InChI=1S/C17H29NO3/c1-2-21-17(20)15-10-7-11-18(13-15)16(19)12-14-8-5-3-4-6-9-14/h14-15H,2-13H2,1H3. The highest BCUT2D eigenvalue weighted by Crippen LogP contribution is 2.27. The molecule has 1 heterocycles. The summed E-state index contributed by atoms with van der Waals surface area (Å²) in [6.07, 6.45) is 10.0. The Hall–Kier alpha value is -1.06. The van der Waals surface area contributed by atoms with Gasteiger partial charge in [-0.05, 0) is 38.5 Å². The molecule has 1 saturated carbocycles. The van der Waals surface area contributed by atoms with Gasteiger partial charge in [-0.15, -0.1) is 0 Å². The highest BCUT2D eigenvalue weighted by atomic mass is 16.5. The van der Waals surface area contributed by atoms with Gasteiger partial charge in [-0.2, -0.15) is 0 Å². The molecule has 0 bridgehead atoms. The molecule has 120 valence electrons. The van der Waals surface area contributed by atoms with Crippen LogP contribution in [0.1, 0.15) is 64.7 Å². The van der Waals surface area contributed by atoms with Crippen LogP contribution in [0, 0.1) is 11.8 Å². The second kappa shape index (κ2) is 8.40. The van der Waals surface area contributed by atoms with Crippen molar-refractivity contribution in [1.82, 2.24) is 4.90 Å². The minimum atomic E-state index is -0.135. The van der Waals surface area contributed by atoms with Crippen molar-refractivity contribution in [2.24, 2.45) is 11.8 Å². The number of piperidine rings is 1. The fourth-order valence-electron chi connectivity index (χ4n) is 3.60. The molecule has 0 aromatic heterocycles. The molecule has 21 heavy (non-hydrogen) atoms. The number of amides is 1. The number of carbonyl (C=O) groups is 2. The maximum absolute atomic E-state index is 12.5. The Morgan fingerprint density at radius 3 is 2.43 bits per heavy atom. The van der Waals surface area contributed by atoms with Crippen LogP contribution in [0.4, 0.5) is 0 Å². The van der Waals surface area contributed by atoms with E-state index in [9.17, 15) is 9.59 Å². The van der Waals surface area contributed by atoms with Gasteiger partial charge in [0.2, 0.25) is 5.91 Å². The lowest BCUT2D eigenvalue weighted by atomic mass is 9.94. The van der Waals surface area contributed by atoms with Gasteiger partial charge in [0.05, 0.1) is 12.5 Å². The van der Waals surface area contributed by atoms with Gasteiger partial charge in [0.25, 0.3) is 0 Å². The highest BCUT2D eigenvalue weighted by molar-refractivity contribution is 5.78. The van der Waals surface area contributed by atoms with Crippen LogP contribution in [0.25, 0.3) is 0 Å². The van der Waals surface area contributed by atoms with E-state index in [0.29, 0.717) is 25.5 Å². The van der Waals surface area contributed by atoms with E-state index in [0.717, 1.165) is 19.4 Å². The quantitative estimate of drug-likeness (QED) is 0.591. The molecule has 1 aliphatic heterocycles. The molecular formula is C17H29NO3. The molecule has 1 atom stereocenters. The molecule has 1 saturated heterocycles. The third-order valence-electron chi connectivity index (χ3n) is 4.83. The number of rotatable bonds is 4. The molecule has 0 aromatic rings. The highest BCUT2D eigenvalue weighted by Gasteiger charge is 2.30. The van der Waals surface area contributed by atoms with E-state index in [1.165, 1.54) is 38.5 Å². The van der Waals surface area contributed by atoms with E-state index in [2.05, 4.69) is 0 Å². The van der Waals surface area contributed by atoms with Crippen LogP contribution in [0.2, 0.25) is 0 Å². The van der Waals surface area contributed by atoms with Gasteiger partial charge in [0, 0.05) is 19.5 Å². The minimum Gasteiger partial charge on any atom is -0.466 e. The van der Waals surface area contributed by atoms with E-state index in [1.54, 1.807) is 0 Å². The number of hydrogen-bond donors (Lipinski definition) is 0. The zero-order valence-corrected chi connectivity index (χ0v) is 13.3. The van der Waals surface area contributed by atoms with Gasteiger partial charge in [-0.1, -0.05) is 25.7 Å². The maximum Gasteiger partial charge on any atom is 0.310 e. The first-order chi connectivity index (χ1) is 10.2. The molecule has 0 aromatic carbocycles. The Bertz CT molecular complexity index is 348. The topological polar surface area (TPSA) is 46.6 Å². The van der Waals surface area contributed by atoms with Crippen molar-refractivity contribution >= 4 is 11.9 Å². The van der Waals surface area contributed by atoms with Crippen LogP contribution in [-0.4, -0.2) is 36.5 Å². The van der Waals surface area contributed by atoms with E-state index in [-0.39, 0.29) is 17.8 Å². The third-order valence-corrected chi connectivity index (χ3v) is 4.83. The molecule has 1 amide bonds. The van der Waals surface area contributed by atoms with Gasteiger partial charge in [-0.25, -0.2) is 0 Å². The molecule has 2 rings (SSSR count). The Balaban J connectivity index is 1.82. The Kier molecular flexibility index (Phi) is 6.52. The molecule has 0 spiro atoms. The average Bonchev–Trinajstić information content (AvgIpc) is 2.76. The van der Waals surface area contributed by atoms with Gasteiger partial charge < -0.3 is 9.64 Å². The molecular weight excluding hydrogens is 266 g/mol. The molecule has 2 fully saturated rings. The number of esters is 1. The fraction of sp³-hybridized carbons (Fsp3) is 0.882. The summed E-state index contributed by atoms with van der Waals surface area (Å²) in [5.41, 5.74) is 0. The van der Waals surface area contributed by atoms with Crippen LogP contribution >= 0.6 is 0 Å². The van der Waals surface area contributed by atoms with Crippen LogP contribution < -0.4 is 0 Å². The van der Waals surface area contributed by atoms with Crippen LogP contribution in [-0.2, 0) is 14.3 Å². The number of ether oxygens (including phenoxy) is 1. The Labute approximate surface area is 128 Å². The Morgan fingerprint density at radius 2 is 1.76 bits per heavy atom. The summed E-state index contributed by atoms with van der Waals surface area (Å²) in [7, 11) is 0. The first kappa shape index (κ1) is 16.3. The smallest absolute Gasteiger partial charge is 0.310 e. The summed E-state index contributed by atoms with van der Waals surface area (Å²) in [4.78, 5) is 26.2. The SMILES string of the molecule is CCOC(=O)C1CCCN(C(=O)CC2CCCCCC2)C1. The van der Waals surface area contributed by atoms with Crippen molar-refractivity contribution < 1.29 is 14.3 Å². The summed E-state index contributed by atoms with van der Waals surface area (Å²) in [6, 6.07) is 0. The summed E-state index contributed by atoms with van der Waals surface area (Å²) in [5.74, 6) is 0.556. The summed E-state index contributed by atoms with van der Waals surface area (Å²) >= 11 is 0. The van der Waals surface area contributed by atoms with Crippen molar-refractivity contribution in [2.45, 2.75) is 64.7 Å². The predicted molar refractivity (Wildman–Crippen MR) is 81.7 cm³/mol. The van der Waals surface area contributed by atoms with Gasteiger partial charge in [0.15, 0.2) is 0 Å². The molecule has 1 unspecified atom stereocenters. The minimum absolute atomic E-state index is 0.114. The first-order valence-corrected chi connectivity index (χ1v) is 8.65. The van der Waals surface area contributed by atoms with Crippen molar-refractivity contribution in [1.29, 1.82) is 0 Å². The van der Waals surface area contributed by atoms with Gasteiger partial charge in [0.1, 0.15) is 0 Å². The number of carbonyl (C=O) groups excluding carboxylic acids is 2. The van der Waals surface area contributed by atoms with Gasteiger partial charge >= 0.3 is 5.97 Å². The molecule has 4 heteroatoms. The lowest BCUT2D eigenvalue weighted by Gasteiger charge is -2.32. The number of nitrogens with zero attached hydrogens (tertiary/aromatic N) is 1. The van der Waals surface area contributed by atoms with E-state index in [1.807, 2.05) is 11.8 Å². The van der Waals surface area contributed by atoms with E-state index >= 15 is 0 Å². The van der Waals surface area contributed by atoms with Crippen molar-refractivity contribution in [3.05, 3.63) is 0 Å². The van der Waals surface area contributed by atoms with E-state index in [4.69, 9.17) is 4.74 Å². The number of hydrogen-bond acceptors (Lipinski definition) is 3. The summed E-state index contributed by atoms with van der Waals surface area (Å²) < 4.78 is 5.10. The largest absolute Gasteiger partial charge is 0.466 e. The predicted octanol–water partition coefficient (Wildman–Crippen LogP) is 3.15. The first-order valence-electron chi connectivity index (χ1n) is 8.65. The number of likely N-dealkylation sites (tertiary alicyclic amines) is 1. The van der Waals surface area contributed by atoms with Crippen molar-refractivity contribution in [3.63, 3.8) is 0 Å². The second-order valence-corrected chi connectivity index (χ2v) is 6.49. The van der Waals surface area contributed by atoms with Crippen molar-refractivity contribution in [2.75, 3.05) is 19.7 Å². The molecule has 2 aliphatic rings. The van der Waals surface area contributed by atoms with E-state index < -0.39 is 0 Å². The third kappa shape index (κ3) is 5.01. The zero-order valence-electron chi connectivity index (χ0n) is 13.3. The monoisotopic (exact) mass is 295 g/mol. The molecule has 1 aliphatic carbocycles. The zero-order chi connectivity index (χ0) is 15.1. The summed E-state index contributed by atoms with van der Waals surface area (Å²) in [5, 5.41) is 0. The average molecular weight is 295 g/mol. The van der Waals surface area contributed by atoms with Crippen LogP contribution in [0.15, 0.2) is 0 Å². The fourth-order valence-corrected chi connectivity index (χ4v) is 3.60. The lowest BCUT2D eigenvalue weighted by Crippen LogP contribution is -2.43. The van der Waals surface area contributed by atoms with Crippen molar-refractivity contribution in [3.8, 4) is 0 Å². The normalized spacial score (nSPS) is 24.4. The van der Waals surface area contributed by atoms with Crippen LogP contribution in [0.3, 0.4) is 0 Å². The second-order valence-electron chi connectivity index (χ2n) is 6.49. The maximum atomic E-state index is 12.5. The Morgan fingerprint density at radius 1 is 1.05 bits per heavy atom.